The highest BCUT2D eigenvalue weighted by molar-refractivity contribution is 7.99. The topological polar surface area (TPSA) is 76.9 Å². The number of rotatable bonds is 7. The molecule has 0 aliphatic rings. The van der Waals surface area contributed by atoms with Crippen molar-refractivity contribution in [2.45, 2.75) is 11.6 Å². The molecule has 0 saturated carbocycles. The van der Waals surface area contributed by atoms with Gasteiger partial charge in [0.15, 0.2) is 10.3 Å². The number of hydrogen-bond acceptors (Lipinski definition) is 6. The molecule has 5 rings (SSSR count). The number of carbonyl (C=O) groups excluding carboxylic acids is 1. The second-order valence-electron chi connectivity index (χ2n) is 7.58. The van der Waals surface area contributed by atoms with Crippen molar-refractivity contribution < 1.29 is 9.18 Å². The summed E-state index contributed by atoms with van der Waals surface area (Å²) in [7, 11) is 0. The third-order valence-corrected chi connectivity index (χ3v) is 6.91. The molecule has 0 spiro atoms. The Hall–Kier alpha value is -3.82. The first-order valence-electron chi connectivity index (χ1n) is 10.8. The highest BCUT2D eigenvalue weighted by Gasteiger charge is 2.14. The van der Waals surface area contributed by atoms with Gasteiger partial charge in [-0.1, -0.05) is 42.1 Å². The number of nitrogens with one attached hydrogen (secondary N) is 1. The zero-order valence-corrected chi connectivity index (χ0v) is 20.0. The van der Waals surface area contributed by atoms with E-state index in [4.69, 9.17) is 4.98 Å². The number of thioether (sulfide) groups is 1. The van der Waals surface area contributed by atoms with E-state index in [0.29, 0.717) is 32.6 Å². The number of para-hydroxylation sites is 2. The number of anilines is 1. The van der Waals surface area contributed by atoms with Crippen molar-refractivity contribution in [2.24, 2.45) is 0 Å². The Morgan fingerprint density at radius 1 is 0.971 bits per heavy atom. The molecule has 0 radical (unpaired) electrons. The number of carbonyl (C=O) groups is 1. The SMILES string of the molecule is O=C(CCSc1nc2ccccc2c(=O)n1-c1ccccc1)Nc1nc(-c2ccc(F)cc2)cs1. The van der Waals surface area contributed by atoms with E-state index < -0.39 is 0 Å². The Morgan fingerprint density at radius 2 is 1.71 bits per heavy atom. The molecule has 0 aliphatic heterocycles. The van der Waals surface area contributed by atoms with E-state index in [-0.39, 0.29) is 23.7 Å². The average molecular weight is 503 g/mol. The first-order chi connectivity index (χ1) is 17.1. The van der Waals surface area contributed by atoms with Crippen LogP contribution in [0.25, 0.3) is 27.8 Å². The summed E-state index contributed by atoms with van der Waals surface area (Å²) >= 11 is 2.66. The summed E-state index contributed by atoms with van der Waals surface area (Å²) in [5.74, 6) is -0.0693. The molecule has 3 aromatic carbocycles. The first kappa shape index (κ1) is 22.9. The smallest absolute Gasteiger partial charge is 0.266 e. The maximum atomic E-state index is 13.2. The molecule has 2 aromatic heterocycles. The molecule has 1 N–H and O–H groups in total. The Labute approximate surface area is 208 Å². The lowest BCUT2D eigenvalue weighted by Crippen LogP contribution is -2.22. The summed E-state index contributed by atoms with van der Waals surface area (Å²) in [5, 5.41) is 6.17. The third-order valence-electron chi connectivity index (χ3n) is 5.21. The number of fused-ring (bicyclic) bond motifs is 1. The van der Waals surface area contributed by atoms with E-state index >= 15 is 0 Å². The minimum absolute atomic E-state index is 0.148. The summed E-state index contributed by atoms with van der Waals surface area (Å²) < 4.78 is 14.7. The van der Waals surface area contributed by atoms with Gasteiger partial charge in [0, 0.05) is 23.1 Å². The molecule has 6 nitrogen and oxygen atoms in total. The minimum atomic E-state index is -0.311. The van der Waals surface area contributed by atoms with E-state index in [1.54, 1.807) is 22.8 Å². The fourth-order valence-electron chi connectivity index (χ4n) is 3.52. The quantitative estimate of drug-likeness (QED) is 0.226. The predicted octanol–water partition coefficient (Wildman–Crippen LogP) is 5.77. The number of amides is 1. The van der Waals surface area contributed by atoms with Crippen molar-refractivity contribution in [1.82, 2.24) is 14.5 Å². The first-order valence-corrected chi connectivity index (χ1v) is 12.7. The average Bonchev–Trinajstić information content (AvgIpc) is 3.33. The molecule has 2 heterocycles. The van der Waals surface area contributed by atoms with E-state index in [0.717, 1.165) is 11.3 Å². The number of nitrogens with zero attached hydrogens (tertiary/aromatic N) is 3. The number of benzene rings is 3. The maximum absolute atomic E-state index is 13.2. The van der Waals surface area contributed by atoms with Crippen molar-refractivity contribution in [2.75, 3.05) is 11.1 Å². The van der Waals surface area contributed by atoms with E-state index in [1.807, 2.05) is 53.9 Å². The van der Waals surface area contributed by atoms with Crippen molar-refractivity contribution in [1.29, 1.82) is 0 Å². The van der Waals surface area contributed by atoms with Crippen LogP contribution >= 0.6 is 23.1 Å². The van der Waals surface area contributed by atoms with Gasteiger partial charge in [-0.3, -0.25) is 14.2 Å². The third kappa shape index (κ3) is 5.16. The molecule has 0 saturated heterocycles. The van der Waals surface area contributed by atoms with Crippen LogP contribution in [0.15, 0.2) is 94.2 Å². The van der Waals surface area contributed by atoms with Gasteiger partial charge < -0.3 is 5.32 Å². The van der Waals surface area contributed by atoms with Gasteiger partial charge in [-0.15, -0.1) is 11.3 Å². The van der Waals surface area contributed by atoms with Crippen LogP contribution in [-0.2, 0) is 4.79 Å². The van der Waals surface area contributed by atoms with Gasteiger partial charge in [0.25, 0.3) is 5.56 Å². The molecular formula is C26H19FN4O2S2. The van der Waals surface area contributed by atoms with Crippen LogP contribution < -0.4 is 10.9 Å². The second kappa shape index (κ2) is 10.2. The molecule has 0 atom stereocenters. The zero-order valence-electron chi connectivity index (χ0n) is 18.3. The molecule has 0 fully saturated rings. The highest BCUT2D eigenvalue weighted by Crippen LogP contribution is 2.26. The van der Waals surface area contributed by atoms with Gasteiger partial charge in [-0.05, 0) is 48.5 Å². The standard InChI is InChI=1S/C26H19FN4O2S2/c27-18-12-10-17(11-13-18)22-16-35-25(28-22)30-23(32)14-15-34-26-29-21-9-5-4-8-20(21)24(33)31(26)19-6-2-1-3-7-19/h1-13,16H,14-15H2,(H,28,30,32). The summed E-state index contributed by atoms with van der Waals surface area (Å²) in [6, 6.07) is 22.6. The number of halogens is 1. The second-order valence-corrected chi connectivity index (χ2v) is 9.50. The van der Waals surface area contributed by atoms with Gasteiger partial charge in [0.2, 0.25) is 5.91 Å². The summed E-state index contributed by atoms with van der Waals surface area (Å²) in [4.78, 5) is 34.9. The Kier molecular flexibility index (Phi) is 6.69. The number of thiazole rings is 1. The molecule has 35 heavy (non-hydrogen) atoms. The van der Waals surface area contributed by atoms with Gasteiger partial charge in [-0.25, -0.2) is 14.4 Å². The van der Waals surface area contributed by atoms with Crippen molar-refractivity contribution in [3.05, 3.63) is 100 Å². The van der Waals surface area contributed by atoms with E-state index in [1.165, 1.54) is 35.2 Å². The zero-order chi connectivity index (χ0) is 24.2. The molecule has 9 heteroatoms. The van der Waals surface area contributed by atoms with Crippen LogP contribution in [-0.4, -0.2) is 26.2 Å². The van der Waals surface area contributed by atoms with Gasteiger partial charge in [0.1, 0.15) is 5.82 Å². The van der Waals surface area contributed by atoms with E-state index in [2.05, 4.69) is 10.3 Å². The lowest BCUT2D eigenvalue weighted by Gasteiger charge is -2.13. The fraction of sp³-hybridized carbons (Fsp3) is 0.0769. The molecule has 5 aromatic rings. The molecule has 0 aliphatic carbocycles. The summed E-state index contributed by atoms with van der Waals surface area (Å²) in [5.41, 5.74) is 2.64. The number of aromatic nitrogens is 3. The van der Waals surface area contributed by atoms with Crippen LogP contribution in [0, 0.1) is 5.82 Å². The molecular weight excluding hydrogens is 483 g/mol. The summed E-state index contributed by atoms with van der Waals surface area (Å²) in [6.07, 6.45) is 0.216. The largest absolute Gasteiger partial charge is 0.302 e. The highest BCUT2D eigenvalue weighted by atomic mass is 32.2. The fourth-order valence-corrected chi connectivity index (χ4v) is 5.20. The molecule has 0 bridgehead atoms. The molecule has 174 valence electrons. The van der Waals surface area contributed by atoms with Crippen LogP contribution in [0.5, 0.6) is 0 Å². The van der Waals surface area contributed by atoms with Crippen molar-refractivity contribution >= 4 is 45.0 Å². The van der Waals surface area contributed by atoms with Gasteiger partial charge >= 0.3 is 0 Å². The molecule has 1 amide bonds. The Balaban J connectivity index is 1.29. The van der Waals surface area contributed by atoms with Crippen LogP contribution in [0.2, 0.25) is 0 Å². The predicted molar refractivity (Wildman–Crippen MR) is 139 cm³/mol. The minimum Gasteiger partial charge on any atom is -0.302 e. The lowest BCUT2D eigenvalue weighted by atomic mass is 10.2. The van der Waals surface area contributed by atoms with Crippen molar-refractivity contribution in [3.63, 3.8) is 0 Å². The van der Waals surface area contributed by atoms with Gasteiger partial charge in [0.05, 0.1) is 22.3 Å². The monoisotopic (exact) mass is 502 g/mol. The Morgan fingerprint density at radius 3 is 2.51 bits per heavy atom. The lowest BCUT2D eigenvalue weighted by molar-refractivity contribution is -0.115. The maximum Gasteiger partial charge on any atom is 0.266 e. The van der Waals surface area contributed by atoms with Crippen molar-refractivity contribution in [3.8, 4) is 16.9 Å². The van der Waals surface area contributed by atoms with Crippen LogP contribution in [0.3, 0.4) is 0 Å². The van der Waals surface area contributed by atoms with E-state index in [9.17, 15) is 14.0 Å². The molecule has 0 unspecified atom stereocenters. The Bertz CT molecular complexity index is 1550. The van der Waals surface area contributed by atoms with Crippen LogP contribution in [0.1, 0.15) is 6.42 Å². The van der Waals surface area contributed by atoms with Gasteiger partial charge in [-0.2, -0.15) is 0 Å². The van der Waals surface area contributed by atoms with Crippen LogP contribution in [0.4, 0.5) is 9.52 Å². The normalized spacial score (nSPS) is 11.0. The summed E-state index contributed by atoms with van der Waals surface area (Å²) in [6.45, 7) is 0. The number of hydrogen-bond donors (Lipinski definition) is 1.